The van der Waals surface area contributed by atoms with Crippen molar-refractivity contribution >= 4 is 28.6 Å². The minimum Gasteiger partial charge on any atom is -0.485 e. The molecule has 0 radical (unpaired) electrons. The number of rotatable bonds is 7. The van der Waals surface area contributed by atoms with Gasteiger partial charge < -0.3 is 9.15 Å². The van der Waals surface area contributed by atoms with Crippen LogP contribution in [0.2, 0.25) is 0 Å². The first-order valence-electron chi connectivity index (χ1n) is 9.66. The quantitative estimate of drug-likeness (QED) is 0.245. The Labute approximate surface area is 178 Å². The second-order valence-electron chi connectivity index (χ2n) is 6.83. The molecule has 0 saturated heterocycles. The number of carbonyl (C=O) groups excluding carboxylic acids is 2. The van der Waals surface area contributed by atoms with Crippen LogP contribution in [0.1, 0.15) is 26.3 Å². The van der Waals surface area contributed by atoms with Gasteiger partial charge in [-0.1, -0.05) is 66.7 Å². The van der Waals surface area contributed by atoms with Crippen molar-refractivity contribution in [2.45, 2.75) is 0 Å². The summed E-state index contributed by atoms with van der Waals surface area (Å²) < 4.78 is 10.7. The van der Waals surface area contributed by atoms with Crippen LogP contribution in [0.5, 0.6) is 5.75 Å². The summed E-state index contributed by atoms with van der Waals surface area (Å²) in [4.78, 5) is 36.6. The van der Waals surface area contributed by atoms with Crippen molar-refractivity contribution in [3.63, 3.8) is 0 Å². The lowest BCUT2D eigenvalue weighted by atomic mass is 10.1. The lowest BCUT2D eigenvalue weighted by Gasteiger charge is -2.06. The minimum absolute atomic E-state index is 0.0438. The van der Waals surface area contributed by atoms with Gasteiger partial charge in [0.1, 0.15) is 16.9 Å². The molecule has 0 aliphatic heterocycles. The molecule has 4 aromatic rings. The Balaban J connectivity index is 1.39. The number of ether oxygens (including phenoxy) is 1. The normalized spacial score (nSPS) is 11.0. The molecule has 0 fully saturated rings. The fourth-order valence-corrected chi connectivity index (χ4v) is 3.03. The summed E-state index contributed by atoms with van der Waals surface area (Å²) in [5.74, 6) is -0.0669. The summed E-state index contributed by atoms with van der Waals surface area (Å²) in [5, 5.41) is 0.673. The summed E-state index contributed by atoms with van der Waals surface area (Å²) in [6.45, 7) is -0.287. The van der Waals surface area contributed by atoms with Gasteiger partial charge in [0.15, 0.2) is 12.4 Å². The van der Waals surface area contributed by atoms with Gasteiger partial charge in [-0.25, -0.2) is 4.79 Å². The van der Waals surface area contributed by atoms with Gasteiger partial charge >= 0.3 is 5.63 Å². The van der Waals surface area contributed by atoms with Crippen LogP contribution in [0.15, 0.2) is 100 Å². The van der Waals surface area contributed by atoms with Crippen molar-refractivity contribution in [3.8, 4) is 5.75 Å². The molecule has 0 saturated carbocycles. The van der Waals surface area contributed by atoms with E-state index in [1.807, 2.05) is 18.2 Å². The summed E-state index contributed by atoms with van der Waals surface area (Å²) in [6.07, 6.45) is 3.22. The molecular formula is C26H18O5. The van der Waals surface area contributed by atoms with Crippen LogP contribution in [0.4, 0.5) is 0 Å². The van der Waals surface area contributed by atoms with E-state index >= 15 is 0 Å². The minimum atomic E-state index is -0.684. The number of para-hydroxylation sites is 1. The molecule has 5 nitrogen and oxygen atoms in total. The number of hydrogen-bond donors (Lipinski definition) is 0. The van der Waals surface area contributed by atoms with E-state index in [0.29, 0.717) is 22.3 Å². The molecule has 1 aromatic heterocycles. The number of allylic oxidation sites excluding steroid dienone is 1. The third-order valence-corrected chi connectivity index (χ3v) is 4.68. The number of ketones is 2. The molecule has 0 atom stereocenters. The van der Waals surface area contributed by atoms with Crippen LogP contribution in [-0.2, 0) is 0 Å². The average Bonchev–Trinajstić information content (AvgIpc) is 2.81. The van der Waals surface area contributed by atoms with Crippen molar-refractivity contribution in [1.29, 1.82) is 0 Å². The Morgan fingerprint density at radius 3 is 2.35 bits per heavy atom. The summed E-state index contributed by atoms with van der Waals surface area (Å²) in [6, 6.07) is 24.5. The molecule has 4 rings (SSSR count). The zero-order chi connectivity index (χ0) is 21.6. The summed E-state index contributed by atoms with van der Waals surface area (Å²) in [5.41, 5.74) is 1.14. The van der Waals surface area contributed by atoms with Crippen molar-refractivity contribution < 1.29 is 18.7 Å². The van der Waals surface area contributed by atoms with Crippen LogP contribution in [0.3, 0.4) is 0 Å². The van der Waals surface area contributed by atoms with Crippen molar-refractivity contribution in [2.24, 2.45) is 0 Å². The van der Waals surface area contributed by atoms with Crippen LogP contribution < -0.4 is 10.4 Å². The standard InChI is InChI=1S/C26H18O5/c27-23(19-6-2-1-3-7-19)15-12-18-10-13-21(14-11-18)30-17-24(28)22-16-20-8-4-5-9-25(20)31-26(22)29/h1-16H,17H2. The first-order valence-corrected chi connectivity index (χ1v) is 9.66. The molecule has 0 bridgehead atoms. The van der Waals surface area contributed by atoms with Gasteiger partial charge in [0.2, 0.25) is 5.78 Å². The maximum Gasteiger partial charge on any atom is 0.347 e. The van der Waals surface area contributed by atoms with Gasteiger partial charge in [-0.2, -0.15) is 0 Å². The second-order valence-corrected chi connectivity index (χ2v) is 6.83. The topological polar surface area (TPSA) is 73.6 Å². The zero-order valence-corrected chi connectivity index (χ0v) is 16.5. The maximum absolute atomic E-state index is 12.4. The van der Waals surface area contributed by atoms with Gasteiger partial charge in [-0.15, -0.1) is 0 Å². The van der Waals surface area contributed by atoms with E-state index in [2.05, 4.69) is 0 Å². The third kappa shape index (κ3) is 4.85. The number of benzene rings is 3. The lowest BCUT2D eigenvalue weighted by Crippen LogP contribution is -2.19. The molecule has 31 heavy (non-hydrogen) atoms. The van der Waals surface area contributed by atoms with E-state index in [4.69, 9.17) is 9.15 Å². The zero-order valence-electron chi connectivity index (χ0n) is 16.5. The molecule has 5 heteroatoms. The van der Waals surface area contributed by atoms with E-state index in [-0.39, 0.29) is 18.0 Å². The summed E-state index contributed by atoms with van der Waals surface area (Å²) in [7, 11) is 0. The number of fused-ring (bicyclic) bond motifs is 1. The maximum atomic E-state index is 12.4. The Bertz CT molecular complexity index is 1320. The lowest BCUT2D eigenvalue weighted by molar-refractivity contribution is 0.0917. The molecule has 1 heterocycles. The molecule has 3 aromatic carbocycles. The molecule has 0 aliphatic carbocycles. The third-order valence-electron chi connectivity index (χ3n) is 4.68. The summed E-state index contributed by atoms with van der Waals surface area (Å²) >= 11 is 0. The fourth-order valence-electron chi connectivity index (χ4n) is 3.03. The number of carbonyl (C=O) groups is 2. The van der Waals surface area contributed by atoms with E-state index in [1.54, 1.807) is 66.7 Å². The van der Waals surface area contributed by atoms with E-state index < -0.39 is 11.4 Å². The van der Waals surface area contributed by atoms with Crippen LogP contribution in [-0.4, -0.2) is 18.2 Å². The number of Topliss-reactive ketones (excluding diaryl/α,β-unsaturated/α-hetero) is 1. The van der Waals surface area contributed by atoms with Crippen LogP contribution in [0.25, 0.3) is 17.0 Å². The average molecular weight is 410 g/mol. The van der Waals surface area contributed by atoms with Crippen molar-refractivity contribution in [3.05, 3.63) is 118 Å². The van der Waals surface area contributed by atoms with Crippen molar-refractivity contribution in [2.75, 3.05) is 6.61 Å². The Hall–Kier alpha value is -4.25. The number of hydrogen-bond acceptors (Lipinski definition) is 5. The van der Waals surface area contributed by atoms with Gasteiger partial charge in [-0.05, 0) is 35.9 Å². The van der Waals surface area contributed by atoms with E-state index in [1.165, 1.54) is 12.1 Å². The highest BCUT2D eigenvalue weighted by atomic mass is 16.5. The molecule has 0 amide bonds. The molecule has 0 N–H and O–H groups in total. The van der Waals surface area contributed by atoms with E-state index in [0.717, 1.165) is 5.56 Å². The SMILES string of the molecule is O=C(C=Cc1ccc(OCC(=O)c2cc3ccccc3oc2=O)cc1)c1ccccc1. The van der Waals surface area contributed by atoms with Gasteiger partial charge in [0.05, 0.1) is 0 Å². The van der Waals surface area contributed by atoms with Gasteiger partial charge in [-0.3, -0.25) is 9.59 Å². The fraction of sp³-hybridized carbons (Fsp3) is 0.0385. The highest BCUT2D eigenvalue weighted by Crippen LogP contribution is 2.16. The molecule has 0 unspecified atom stereocenters. The van der Waals surface area contributed by atoms with Crippen molar-refractivity contribution in [1.82, 2.24) is 0 Å². The second kappa shape index (κ2) is 9.05. The predicted molar refractivity (Wildman–Crippen MR) is 119 cm³/mol. The highest BCUT2D eigenvalue weighted by Gasteiger charge is 2.14. The van der Waals surface area contributed by atoms with E-state index in [9.17, 15) is 14.4 Å². The van der Waals surface area contributed by atoms with Gasteiger partial charge in [0, 0.05) is 10.9 Å². The van der Waals surface area contributed by atoms with Crippen LogP contribution >= 0.6 is 0 Å². The molecular weight excluding hydrogens is 392 g/mol. The Morgan fingerprint density at radius 2 is 1.58 bits per heavy atom. The van der Waals surface area contributed by atoms with Crippen LogP contribution in [0, 0.1) is 0 Å². The monoisotopic (exact) mass is 410 g/mol. The first-order chi connectivity index (χ1) is 15.1. The first kappa shape index (κ1) is 20.0. The predicted octanol–water partition coefficient (Wildman–Crippen LogP) is 4.95. The molecule has 0 aliphatic rings. The highest BCUT2D eigenvalue weighted by molar-refractivity contribution is 6.06. The van der Waals surface area contributed by atoms with Gasteiger partial charge in [0.25, 0.3) is 0 Å². The largest absolute Gasteiger partial charge is 0.485 e. The smallest absolute Gasteiger partial charge is 0.347 e. The Kier molecular flexibility index (Phi) is 5.85. The molecule has 0 spiro atoms. The Morgan fingerprint density at radius 1 is 0.871 bits per heavy atom. The molecule has 152 valence electrons.